The number of nitrogens with zero attached hydrogens (tertiary/aromatic N) is 2. The van der Waals surface area contributed by atoms with Crippen LogP contribution in [0.1, 0.15) is 36.6 Å². The second-order valence-electron chi connectivity index (χ2n) is 8.68. The Bertz CT molecular complexity index is 1300. The first-order valence-corrected chi connectivity index (χ1v) is 11.6. The van der Waals surface area contributed by atoms with Gasteiger partial charge in [-0.3, -0.25) is 19.4 Å². The van der Waals surface area contributed by atoms with Crippen LogP contribution in [0.2, 0.25) is 0 Å². The maximum Gasteiger partial charge on any atom is 0.251 e. The maximum absolute atomic E-state index is 14.8. The van der Waals surface area contributed by atoms with E-state index in [1.165, 1.54) is 50.6 Å². The quantitative estimate of drug-likeness (QED) is 0.451. The number of ether oxygens (including phenoxy) is 2. The Morgan fingerprint density at radius 3 is 1.84 bits per heavy atom. The summed E-state index contributed by atoms with van der Waals surface area (Å²) in [4.78, 5) is 44.5. The number of hydrogen-bond acceptors (Lipinski definition) is 7. The Hall–Kier alpha value is -4.31. The second-order valence-corrected chi connectivity index (χ2v) is 8.68. The van der Waals surface area contributed by atoms with Crippen LogP contribution in [0.4, 0.5) is 4.39 Å². The minimum atomic E-state index is -0.820. The third-order valence-corrected chi connectivity index (χ3v) is 6.22. The summed E-state index contributed by atoms with van der Waals surface area (Å²) in [5.74, 6) is -2.02. The standard InChI is InChI=1S/C27H27FN4O5/c1-32-14-19(20(15-32)31-27(35)18-10-12-29-13-11-18)30-26(34)17-6-4-16(5-7-17)25(33)23-21(36-2)8-9-22(37-3)24(23)28/h4-13,19-20H,14-15H2,1-3H3,(H,30,34)(H,31,35)/t19?,20-/m1/s1. The van der Waals surface area contributed by atoms with Gasteiger partial charge < -0.3 is 25.0 Å². The van der Waals surface area contributed by atoms with Gasteiger partial charge >= 0.3 is 0 Å². The van der Waals surface area contributed by atoms with Gasteiger partial charge in [0.15, 0.2) is 17.3 Å². The van der Waals surface area contributed by atoms with E-state index in [-0.39, 0.29) is 46.5 Å². The molecule has 9 nitrogen and oxygen atoms in total. The molecule has 2 aromatic carbocycles. The molecule has 0 bridgehead atoms. The molecule has 1 unspecified atom stereocenters. The van der Waals surface area contributed by atoms with Crippen molar-refractivity contribution >= 4 is 17.6 Å². The zero-order chi connectivity index (χ0) is 26.5. The van der Waals surface area contributed by atoms with Crippen molar-refractivity contribution in [1.82, 2.24) is 20.5 Å². The number of amides is 2. The second kappa shape index (κ2) is 11.2. The van der Waals surface area contributed by atoms with Crippen LogP contribution in [-0.4, -0.2) is 73.9 Å². The van der Waals surface area contributed by atoms with Gasteiger partial charge in [0.05, 0.1) is 26.3 Å². The van der Waals surface area contributed by atoms with Crippen LogP contribution in [0.15, 0.2) is 60.9 Å². The minimum Gasteiger partial charge on any atom is -0.496 e. The van der Waals surface area contributed by atoms with Crippen molar-refractivity contribution in [3.63, 3.8) is 0 Å². The molecule has 0 aliphatic carbocycles. The molecular weight excluding hydrogens is 479 g/mol. The fourth-order valence-corrected chi connectivity index (χ4v) is 4.30. The molecule has 2 heterocycles. The van der Waals surface area contributed by atoms with E-state index in [0.29, 0.717) is 24.2 Å². The number of hydrogen-bond donors (Lipinski definition) is 2. The first-order valence-electron chi connectivity index (χ1n) is 11.6. The molecule has 1 aliphatic rings. The number of halogens is 1. The number of pyridine rings is 1. The Balaban J connectivity index is 1.46. The average Bonchev–Trinajstić information content (AvgIpc) is 3.26. The molecule has 192 valence electrons. The molecule has 10 heteroatoms. The summed E-state index contributed by atoms with van der Waals surface area (Å²) in [6.07, 6.45) is 3.09. The monoisotopic (exact) mass is 506 g/mol. The zero-order valence-corrected chi connectivity index (χ0v) is 20.7. The number of nitrogens with one attached hydrogen (secondary N) is 2. The number of likely N-dealkylation sites (N-methyl/N-ethyl adjacent to an activating group) is 1. The Labute approximate surface area is 213 Å². The molecule has 2 N–H and O–H groups in total. The lowest BCUT2D eigenvalue weighted by Gasteiger charge is -2.21. The Kier molecular flexibility index (Phi) is 7.78. The molecule has 1 aromatic heterocycles. The summed E-state index contributed by atoms with van der Waals surface area (Å²) >= 11 is 0. The molecule has 2 amide bonds. The van der Waals surface area contributed by atoms with Gasteiger partial charge in [0.2, 0.25) is 0 Å². The normalized spacial score (nSPS) is 17.2. The number of likely N-dealkylation sites (tertiary alicyclic amines) is 1. The smallest absolute Gasteiger partial charge is 0.251 e. The van der Waals surface area contributed by atoms with E-state index in [4.69, 9.17) is 9.47 Å². The van der Waals surface area contributed by atoms with Gasteiger partial charge in [-0.15, -0.1) is 0 Å². The van der Waals surface area contributed by atoms with Gasteiger partial charge in [-0.2, -0.15) is 0 Å². The number of ketones is 1. The maximum atomic E-state index is 14.8. The van der Waals surface area contributed by atoms with Crippen molar-refractivity contribution < 1.29 is 28.2 Å². The van der Waals surface area contributed by atoms with E-state index in [0.717, 1.165) is 0 Å². The molecule has 4 rings (SSSR count). The molecule has 0 radical (unpaired) electrons. The average molecular weight is 507 g/mol. The van der Waals surface area contributed by atoms with Gasteiger partial charge in [-0.25, -0.2) is 4.39 Å². The fourth-order valence-electron chi connectivity index (χ4n) is 4.30. The predicted molar refractivity (Wildman–Crippen MR) is 134 cm³/mol. The third-order valence-electron chi connectivity index (χ3n) is 6.22. The number of rotatable bonds is 8. The van der Waals surface area contributed by atoms with Crippen molar-refractivity contribution in [2.24, 2.45) is 0 Å². The van der Waals surface area contributed by atoms with Gasteiger partial charge in [-0.1, -0.05) is 12.1 Å². The molecule has 1 saturated heterocycles. The van der Waals surface area contributed by atoms with Crippen LogP contribution in [0.5, 0.6) is 11.5 Å². The van der Waals surface area contributed by atoms with Gasteiger partial charge in [0.25, 0.3) is 11.8 Å². The molecule has 1 aliphatic heterocycles. The third kappa shape index (κ3) is 5.59. The van der Waals surface area contributed by atoms with Crippen LogP contribution in [0.3, 0.4) is 0 Å². The fraction of sp³-hybridized carbons (Fsp3) is 0.259. The summed E-state index contributed by atoms with van der Waals surface area (Å²) in [5, 5.41) is 5.94. The number of aromatic nitrogens is 1. The minimum absolute atomic E-state index is 0.0766. The highest BCUT2D eigenvalue weighted by atomic mass is 19.1. The van der Waals surface area contributed by atoms with E-state index >= 15 is 0 Å². The molecular formula is C27H27FN4O5. The summed E-state index contributed by atoms with van der Waals surface area (Å²) in [7, 11) is 4.56. The molecule has 3 aromatic rings. The lowest BCUT2D eigenvalue weighted by molar-refractivity contribution is 0.0896. The van der Waals surface area contributed by atoms with E-state index in [1.807, 2.05) is 11.9 Å². The molecule has 1 fully saturated rings. The zero-order valence-electron chi connectivity index (χ0n) is 20.7. The van der Waals surface area contributed by atoms with Crippen molar-refractivity contribution in [2.45, 2.75) is 12.1 Å². The van der Waals surface area contributed by atoms with Crippen LogP contribution in [0.25, 0.3) is 0 Å². The van der Waals surface area contributed by atoms with Gasteiger partial charge in [0, 0.05) is 42.2 Å². The predicted octanol–water partition coefficient (Wildman–Crippen LogP) is 2.31. The first kappa shape index (κ1) is 25.8. The van der Waals surface area contributed by atoms with Gasteiger partial charge in [0.1, 0.15) is 11.3 Å². The molecule has 37 heavy (non-hydrogen) atoms. The Morgan fingerprint density at radius 1 is 0.811 bits per heavy atom. The summed E-state index contributed by atoms with van der Waals surface area (Å²) in [6, 6.07) is 11.4. The van der Waals surface area contributed by atoms with E-state index in [2.05, 4.69) is 15.6 Å². The topological polar surface area (TPSA) is 110 Å². The molecule has 0 spiro atoms. The van der Waals surface area contributed by atoms with E-state index in [9.17, 15) is 18.8 Å². The number of carbonyl (C=O) groups is 3. The number of carbonyl (C=O) groups excluding carboxylic acids is 3. The van der Waals surface area contributed by atoms with Crippen LogP contribution in [0, 0.1) is 5.82 Å². The van der Waals surface area contributed by atoms with Crippen molar-refractivity contribution in [3.8, 4) is 11.5 Å². The summed E-state index contributed by atoms with van der Waals surface area (Å²) < 4.78 is 25.0. The number of methoxy groups -OCH3 is 2. The highest BCUT2D eigenvalue weighted by Gasteiger charge is 2.33. The largest absolute Gasteiger partial charge is 0.496 e. The molecule has 2 atom stereocenters. The SMILES string of the molecule is COc1ccc(OC)c(C(=O)c2ccc(C(=O)NC3CN(C)C[C@H]3NC(=O)c3ccncc3)cc2)c1F. The lowest BCUT2D eigenvalue weighted by atomic mass is 10.00. The van der Waals surface area contributed by atoms with Gasteiger partial charge in [-0.05, 0) is 43.4 Å². The van der Waals surface area contributed by atoms with E-state index < -0.39 is 11.6 Å². The van der Waals surface area contributed by atoms with Crippen LogP contribution >= 0.6 is 0 Å². The van der Waals surface area contributed by atoms with Crippen LogP contribution < -0.4 is 20.1 Å². The van der Waals surface area contributed by atoms with Crippen molar-refractivity contribution in [2.75, 3.05) is 34.4 Å². The van der Waals surface area contributed by atoms with Crippen molar-refractivity contribution in [1.29, 1.82) is 0 Å². The Morgan fingerprint density at radius 2 is 1.30 bits per heavy atom. The van der Waals surface area contributed by atoms with Crippen LogP contribution in [-0.2, 0) is 0 Å². The summed E-state index contributed by atoms with van der Waals surface area (Å²) in [6.45, 7) is 1.13. The van der Waals surface area contributed by atoms with E-state index in [1.54, 1.807) is 24.5 Å². The lowest BCUT2D eigenvalue weighted by Crippen LogP contribution is -2.51. The summed E-state index contributed by atoms with van der Waals surface area (Å²) in [5.41, 5.74) is 0.744. The van der Waals surface area contributed by atoms with Crippen molar-refractivity contribution in [3.05, 3.63) is 89.0 Å². The molecule has 0 saturated carbocycles. The first-order chi connectivity index (χ1) is 17.8. The number of benzene rings is 2. The highest BCUT2D eigenvalue weighted by Crippen LogP contribution is 2.31. The highest BCUT2D eigenvalue weighted by molar-refractivity contribution is 6.11.